The van der Waals surface area contributed by atoms with Gasteiger partial charge < -0.3 is 9.88 Å². The number of aromatic nitrogens is 1. The molecule has 0 spiro atoms. The summed E-state index contributed by atoms with van der Waals surface area (Å²) in [7, 11) is 0. The third-order valence-electron chi connectivity index (χ3n) is 8.64. The molecule has 1 N–H and O–H groups in total. The van der Waals surface area contributed by atoms with E-state index in [0.29, 0.717) is 0 Å². The largest absolute Gasteiger partial charge is 0.359 e. The standard InChI is InChI=1S/C40H27N3S/c1-3-12-27(13-4-1)34-25-35(28-14-5-2-6-15-28)42-40(41-34)29-19-22-30(23-20-29)43-37-31-16-8-7-11-26(31)21-24-33(37)39-38(43)32-17-9-10-18-36(32)44-39/h1-25,34H,(H,41,42). The average Bonchev–Trinajstić information content (AvgIpc) is 3.64. The van der Waals surface area contributed by atoms with Gasteiger partial charge in [-0.05, 0) is 52.9 Å². The molecular weight excluding hydrogens is 555 g/mol. The smallest absolute Gasteiger partial charge is 0.134 e. The molecule has 0 aliphatic carbocycles. The van der Waals surface area contributed by atoms with E-state index in [1.54, 1.807) is 0 Å². The molecule has 0 saturated carbocycles. The van der Waals surface area contributed by atoms with E-state index in [9.17, 15) is 0 Å². The van der Waals surface area contributed by atoms with Gasteiger partial charge in [0.05, 0.1) is 27.5 Å². The van der Waals surface area contributed by atoms with E-state index >= 15 is 0 Å². The van der Waals surface area contributed by atoms with Crippen molar-refractivity contribution in [1.29, 1.82) is 0 Å². The van der Waals surface area contributed by atoms with Gasteiger partial charge in [-0.1, -0.05) is 115 Å². The van der Waals surface area contributed by atoms with Crippen LogP contribution >= 0.6 is 11.3 Å². The van der Waals surface area contributed by atoms with Gasteiger partial charge in [0.2, 0.25) is 0 Å². The second kappa shape index (κ2) is 10.1. The second-order valence-electron chi connectivity index (χ2n) is 11.3. The van der Waals surface area contributed by atoms with Gasteiger partial charge in [0.15, 0.2) is 0 Å². The highest BCUT2D eigenvalue weighted by atomic mass is 32.1. The van der Waals surface area contributed by atoms with Crippen LogP contribution in [0, 0.1) is 0 Å². The molecule has 6 aromatic carbocycles. The van der Waals surface area contributed by atoms with Crippen LogP contribution in [0.25, 0.3) is 53.4 Å². The maximum absolute atomic E-state index is 5.13. The van der Waals surface area contributed by atoms with Crippen LogP contribution in [0.15, 0.2) is 157 Å². The monoisotopic (exact) mass is 581 g/mol. The second-order valence-corrected chi connectivity index (χ2v) is 12.3. The summed E-state index contributed by atoms with van der Waals surface area (Å²) in [5.74, 6) is 0.876. The van der Waals surface area contributed by atoms with Crippen molar-refractivity contribution < 1.29 is 0 Å². The van der Waals surface area contributed by atoms with Crippen molar-refractivity contribution >= 4 is 64.8 Å². The fourth-order valence-electron chi connectivity index (χ4n) is 6.55. The van der Waals surface area contributed by atoms with Gasteiger partial charge in [0, 0.05) is 32.1 Å². The van der Waals surface area contributed by atoms with Crippen molar-refractivity contribution in [2.45, 2.75) is 6.04 Å². The minimum absolute atomic E-state index is 0.0233. The predicted molar refractivity (Wildman–Crippen MR) is 187 cm³/mol. The molecular formula is C40H27N3S. The number of rotatable bonds is 4. The highest BCUT2D eigenvalue weighted by molar-refractivity contribution is 7.26. The molecule has 0 radical (unpaired) electrons. The lowest BCUT2D eigenvalue weighted by Crippen LogP contribution is -2.31. The maximum atomic E-state index is 5.13. The van der Waals surface area contributed by atoms with Crippen molar-refractivity contribution in [3.63, 3.8) is 0 Å². The molecule has 2 aromatic heterocycles. The Bertz CT molecular complexity index is 2390. The van der Waals surface area contributed by atoms with E-state index in [2.05, 4.69) is 155 Å². The molecule has 0 saturated heterocycles. The van der Waals surface area contributed by atoms with Crippen LogP contribution in [0.5, 0.6) is 0 Å². The molecule has 1 aliphatic rings. The van der Waals surface area contributed by atoms with Crippen molar-refractivity contribution in [2.75, 3.05) is 0 Å². The molecule has 1 unspecified atom stereocenters. The lowest BCUT2D eigenvalue weighted by Gasteiger charge is -2.24. The third kappa shape index (κ3) is 3.99. The lowest BCUT2D eigenvalue weighted by molar-refractivity contribution is 0.781. The number of hydrogen-bond donors (Lipinski definition) is 1. The number of nitrogens with one attached hydrogen (secondary N) is 1. The first-order chi connectivity index (χ1) is 21.8. The number of fused-ring (bicyclic) bond motifs is 7. The molecule has 9 rings (SSSR count). The van der Waals surface area contributed by atoms with Crippen LogP contribution < -0.4 is 5.32 Å². The average molecular weight is 582 g/mol. The molecule has 3 heterocycles. The minimum atomic E-state index is 0.0233. The summed E-state index contributed by atoms with van der Waals surface area (Å²) in [6.07, 6.45) is 2.22. The first kappa shape index (κ1) is 25.1. The van der Waals surface area contributed by atoms with Crippen molar-refractivity contribution in [1.82, 2.24) is 9.88 Å². The van der Waals surface area contributed by atoms with E-state index in [1.165, 1.54) is 47.5 Å². The number of amidine groups is 1. The molecule has 0 fully saturated rings. The van der Waals surface area contributed by atoms with Gasteiger partial charge in [-0.2, -0.15) is 0 Å². The maximum Gasteiger partial charge on any atom is 0.134 e. The Labute approximate surface area is 259 Å². The highest BCUT2D eigenvalue weighted by Gasteiger charge is 2.22. The molecule has 3 nitrogen and oxygen atoms in total. The Morgan fingerprint density at radius 3 is 2.09 bits per heavy atom. The zero-order valence-corrected chi connectivity index (χ0v) is 24.6. The van der Waals surface area contributed by atoms with Crippen LogP contribution in [-0.2, 0) is 0 Å². The number of nitrogens with zero attached hydrogens (tertiary/aromatic N) is 2. The van der Waals surface area contributed by atoms with Crippen LogP contribution in [0.4, 0.5) is 0 Å². The van der Waals surface area contributed by atoms with Crippen molar-refractivity contribution in [3.8, 4) is 5.69 Å². The van der Waals surface area contributed by atoms with E-state index in [-0.39, 0.29) is 6.04 Å². The van der Waals surface area contributed by atoms with Crippen LogP contribution in [0.1, 0.15) is 22.7 Å². The van der Waals surface area contributed by atoms with E-state index in [1.807, 2.05) is 17.4 Å². The van der Waals surface area contributed by atoms with Gasteiger partial charge in [-0.25, -0.2) is 4.99 Å². The minimum Gasteiger partial charge on any atom is -0.359 e. The summed E-state index contributed by atoms with van der Waals surface area (Å²) < 4.78 is 5.11. The Kier molecular flexibility index (Phi) is 5.75. The molecule has 1 atom stereocenters. The first-order valence-corrected chi connectivity index (χ1v) is 15.8. The van der Waals surface area contributed by atoms with Crippen LogP contribution in [-0.4, -0.2) is 10.4 Å². The molecule has 1 aliphatic heterocycles. The topological polar surface area (TPSA) is 29.3 Å². The summed E-state index contributed by atoms with van der Waals surface area (Å²) in [6, 6.07) is 51.9. The SMILES string of the molecule is C1=C(c2ccccc2)N=C(c2ccc(-n3c4c5ccccc5ccc4c4sc5ccccc5c43)cc2)NC1c1ccccc1. The van der Waals surface area contributed by atoms with Crippen LogP contribution in [0.2, 0.25) is 0 Å². The third-order valence-corrected chi connectivity index (χ3v) is 9.83. The molecule has 44 heavy (non-hydrogen) atoms. The normalized spacial score (nSPS) is 15.0. The van der Waals surface area contributed by atoms with Gasteiger partial charge in [-0.3, -0.25) is 0 Å². The summed E-state index contributed by atoms with van der Waals surface area (Å²) >= 11 is 1.88. The number of thiophene rings is 1. The van der Waals surface area contributed by atoms with Gasteiger partial charge in [-0.15, -0.1) is 11.3 Å². The fraction of sp³-hybridized carbons (Fsp3) is 0.0250. The molecule has 0 bridgehead atoms. The predicted octanol–water partition coefficient (Wildman–Crippen LogP) is 10.3. The quantitative estimate of drug-likeness (QED) is 0.220. The van der Waals surface area contributed by atoms with E-state index < -0.39 is 0 Å². The summed E-state index contributed by atoms with van der Waals surface area (Å²) in [5, 5.41) is 8.82. The van der Waals surface area contributed by atoms with Gasteiger partial charge in [0.1, 0.15) is 5.84 Å². The van der Waals surface area contributed by atoms with E-state index in [0.717, 1.165) is 28.3 Å². The Morgan fingerprint density at radius 1 is 0.568 bits per heavy atom. The Morgan fingerprint density at radius 2 is 1.27 bits per heavy atom. The van der Waals surface area contributed by atoms with Crippen molar-refractivity contribution in [2.24, 2.45) is 4.99 Å². The Hall–Kier alpha value is -5.45. The molecule has 0 amide bonds. The number of hydrogen-bond acceptors (Lipinski definition) is 3. The van der Waals surface area contributed by atoms with Gasteiger partial charge in [0.25, 0.3) is 0 Å². The van der Waals surface area contributed by atoms with Gasteiger partial charge >= 0.3 is 0 Å². The molecule has 208 valence electrons. The zero-order valence-electron chi connectivity index (χ0n) is 23.8. The molecule has 8 aromatic rings. The number of benzene rings is 6. The van der Waals surface area contributed by atoms with E-state index in [4.69, 9.17) is 4.99 Å². The van der Waals surface area contributed by atoms with Crippen LogP contribution in [0.3, 0.4) is 0 Å². The summed E-state index contributed by atoms with van der Waals surface area (Å²) in [5.41, 5.74) is 8.04. The lowest BCUT2D eigenvalue weighted by atomic mass is 10.0. The number of aliphatic imine (C=N–C) groups is 1. The zero-order chi connectivity index (χ0) is 29.0. The molecule has 4 heteroatoms. The fourth-order valence-corrected chi connectivity index (χ4v) is 7.76. The van der Waals surface area contributed by atoms with Crippen molar-refractivity contribution in [3.05, 3.63) is 168 Å². The highest BCUT2D eigenvalue weighted by Crippen LogP contribution is 2.44. The summed E-state index contributed by atoms with van der Waals surface area (Å²) in [6.45, 7) is 0. The first-order valence-electron chi connectivity index (χ1n) is 14.9. The Balaban J connectivity index is 1.21. The summed E-state index contributed by atoms with van der Waals surface area (Å²) in [4.78, 5) is 5.13.